The molecule has 0 saturated heterocycles. The molecule has 0 aliphatic heterocycles. The van der Waals surface area contributed by atoms with Gasteiger partial charge in [0.1, 0.15) is 11.6 Å². The molecule has 0 bridgehead atoms. The van der Waals surface area contributed by atoms with Gasteiger partial charge < -0.3 is 15.0 Å². The fourth-order valence-corrected chi connectivity index (χ4v) is 2.44. The van der Waals surface area contributed by atoms with Crippen LogP contribution in [0.1, 0.15) is 17.0 Å². The van der Waals surface area contributed by atoms with Crippen molar-refractivity contribution >= 4 is 22.6 Å². The molecule has 0 radical (unpaired) electrons. The topological polar surface area (TPSA) is 67.0 Å². The Morgan fingerprint density at radius 1 is 1.22 bits per heavy atom. The number of amides is 1. The number of imidazole rings is 1. The summed E-state index contributed by atoms with van der Waals surface area (Å²) < 4.78 is 5.61. The van der Waals surface area contributed by atoms with E-state index in [0.29, 0.717) is 0 Å². The van der Waals surface area contributed by atoms with E-state index >= 15 is 0 Å². The Kier molecular flexibility index (Phi) is 4.02. The Hall–Kier alpha value is -2.82. The molecular formula is C18H19N3O2. The number of benzene rings is 2. The summed E-state index contributed by atoms with van der Waals surface area (Å²) in [5.74, 6) is 1.39. The molecule has 0 saturated carbocycles. The number of carbonyl (C=O) groups excluding carboxylic acids is 1. The van der Waals surface area contributed by atoms with Crippen LogP contribution in [0.25, 0.3) is 11.0 Å². The van der Waals surface area contributed by atoms with E-state index in [1.165, 1.54) is 0 Å². The normalized spacial score (nSPS) is 10.7. The zero-order chi connectivity index (χ0) is 16.4. The van der Waals surface area contributed by atoms with Gasteiger partial charge >= 0.3 is 0 Å². The van der Waals surface area contributed by atoms with E-state index < -0.39 is 0 Å². The zero-order valence-electron chi connectivity index (χ0n) is 13.4. The van der Waals surface area contributed by atoms with Gasteiger partial charge in [0, 0.05) is 5.69 Å². The second kappa shape index (κ2) is 6.12. The van der Waals surface area contributed by atoms with Gasteiger partial charge in [-0.25, -0.2) is 4.98 Å². The quantitative estimate of drug-likeness (QED) is 0.775. The van der Waals surface area contributed by atoms with Crippen molar-refractivity contribution in [2.45, 2.75) is 20.8 Å². The van der Waals surface area contributed by atoms with E-state index in [2.05, 4.69) is 15.3 Å². The number of rotatable bonds is 4. The Balaban J connectivity index is 1.65. The minimum atomic E-state index is -0.193. The van der Waals surface area contributed by atoms with E-state index in [-0.39, 0.29) is 12.5 Å². The zero-order valence-corrected chi connectivity index (χ0v) is 13.4. The van der Waals surface area contributed by atoms with Crippen LogP contribution in [0, 0.1) is 20.8 Å². The minimum absolute atomic E-state index is 0.0235. The average molecular weight is 309 g/mol. The first kappa shape index (κ1) is 15.1. The van der Waals surface area contributed by atoms with Crippen molar-refractivity contribution in [3.63, 3.8) is 0 Å². The van der Waals surface area contributed by atoms with Crippen LogP contribution in [0.15, 0.2) is 36.4 Å². The lowest BCUT2D eigenvalue weighted by atomic mass is 10.1. The first-order valence-electron chi connectivity index (χ1n) is 7.48. The Morgan fingerprint density at radius 2 is 2.04 bits per heavy atom. The summed E-state index contributed by atoms with van der Waals surface area (Å²) in [4.78, 5) is 19.5. The third-order valence-electron chi connectivity index (χ3n) is 3.80. The fraction of sp³-hybridized carbons (Fsp3) is 0.222. The van der Waals surface area contributed by atoms with Gasteiger partial charge in [-0.1, -0.05) is 12.1 Å². The molecule has 1 heterocycles. The number of carbonyl (C=O) groups is 1. The summed E-state index contributed by atoms with van der Waals surface area (Å²) in [7, 11) is 0. The molecular weight excluding hydrogens is 290 g/mol. The number of aromatic amines is 1. The van der Waals surface area contributed by atoms with E-state index in [1.807, 2.05) is 57.2 Å². The van der Waals surface area contributed by atoms with Crippen molar-refractivity contribution < 1.29 is 9.53 Å². The molecule has 0 aliphatic carbocycles. The molecule has 118 valence electrons. The van der Waals surface area contributed by atoms with Crippen LogP contribution in [-0.2, 0) is 4.79 Å². The Labute approximate surface area is 134 Å². The summed E-state index contributed by atoms with van der Waals surface area (Å²) in [5.41, 5.74) is 4.69. The lowest BCUT2D eigenvalue weighted by Gasteiger charge is -2.11. The Bertz CT molecular complexity index is 868. The van der Waals surface area contributed by atoms with E-state index in [4.69, 9.17) is 4.74 Å². The molecule has 5 heteroatoms. The molecule has 1 aromatic heterocycles. The van der Waals surface area contributed by atoms with E-state index in [9.17, 15) is 4.79 Å². The summed E-state index contributed by atoms with van der Waals surface area (Å²) in [6, 6.07) is 11.4. The van der Waals surface area contributed by atoms with Crippen molar-refractivity contribution in [2.75, 3.05) is 11.9 Å². The number of H-pyrrole nitrogens is 1. The van der Waals surface area contributed by atoms with Crippen LogP contribution >= 0.6 is 0 Å². The summed E-state index contributed by atoms with van der Waals surface area (Å²) in [6.45, 7) is 5.88. The highest BCUT2D eigenvalue weighted by Gasteiger charge is 2.08. The molecule has 2 N–H and O–H groups in total. The maximum absolute atomic E-state index is 12.1. The first-order valence-corrected chi connectivity index (χ1v) is 7.48. The van der Waals surface area contributed by atoms with Crippen LogP contribution in [0.5, 0.6) is 5.75 Å². The third kappa shape index (κ3) is 3.34. The van der Waals surface area contributed by atoms with Gasteiger partial charge in [-0.05, 0) is 56.2 Å². The van der Waals surface area contributed by atoms with Gasteiger partial charge in [-0.3, -0.25) is 4.79 Å². The maximum Gasteiger partial charge on any atom is 0.262 e. The number of hydrogen-bond donors (Lipinski definition) is 2. The average Bonchev–Trinajstić information content (AvgIpc) is 2.88. The highest BCUT2D eigenvalue weighted by Crippen LogP contribution is 2.21. The molecule has 2 aromatic carbocycles. The molecule has 0 atom stereocenters. The third-order valence-corrected chi connectivity index (χ3v) is 3.80. The second-order valence-corrected chi connectivity index (χ2v) is 5.59. The van der Waals surface area contributed by atoms with Crippen molar-refractivity contribution in [1.29, 1.82) is 0 Å². The molecule has 23 heavy (non-hydrogen) atoms. The highest BCUT2D eigenvalue weighted by molar-refractivity contribution is 5.94. The smallest absolute Gasteiger partial charge is 0.262 e. The van der Waals surface area contributed by atoms with Crippen LogP contribution in [0.2, 0.25) is 0 Å². The standard InChI is InChI=1S/C18H19N3O2/c1-11-5-4-6-17(12(11)2)23-10-18(22)21-14-7-8-15-16(9-14)20-13(3)19-15/h4-9H,10H2,1-3H3,(H,19,20)(H,21,22). The monoisotopic (exact) mass is 309 g/mol. The highest BCUT2D eigenvalue weighted by atomic mass is 16.5. The number of aromatic nitrogens is 2. The molecule has 0 unspecified atom stereocenters. The molecule has 1 amide bonds. The van der Waals surface area contributed by atoms with Crippen LogP contribution < -0.4 is 10.1 Å². The van der Waals surface area contributed by atoms with Crippen molar-refractivity contribution in [3.05, 3.63) is 53.3 Å². The Morgan fingerprint density at radius 3 is 2.87 bits per heavy atom. The first-order chi connectivity index (χ1) is 11.0. The van der Waals surface area contributed by atoms with Gasteiger partial charge in [0.15, 0.2) is 6.61 Å². The predicted molar refractivity (Wildman–Crippen MR) is 90.9 cm³/mol. The second-order valence-electron chi connectivity index (χ2n) is 5.59. The van der Waals surface area contributed by atoms with Gasteiger partial charge in [-0.15, -0.1) is 0 Å². The van der Waals surface area contributed by atoms with Gasteiger partial charge in [0.05, 0.1) is 11.0 Å². The summed E-state index contributed by atoms with van der Waals surface area (Å²) >= 11 is 0. The van der Waals surface area contributed by atoms with Crippen molar-refractivity contribution in [2.24, 2.45) is 0 Å². The number of ether oxygens (including phenoxy) is 1. The minimum Gasteiger partial charge on any atom is -0.483 e. The summed E-state index contributed by atoms with van der Waals surface area (Å²) in [6.07, 6.45) is 0. The molecule has 0 fully saturated rings. The number of aryl methyl sites for hydroxylation is 2. The molecule has 5 nitrogen and oxygen atoms in total. The number of nitrogens with zero attached hydrogens (tertiary/aromatic N) is 1. The maximum atomic E-state index is 12.1. The van der Waals surface area contributed by atoms with Crippen LogP contribution in [-0.4, -0.2) is 22.5 Å². The molecule has 0 spiro atoms. The van der Waals surface area contributed by atoms with Crippen molar-refractivity contribution in [1.82, 2.24) is 9.97 Å². The number of anilines is 1. The SMILES string of the molecule is Cc1nc2ccc(NC(=O)COc3cccc(C)c3C)cc2[nH]1. The van der Waals surface area contributed by atoms with Crippen molar-refractivity contribution in [3.8, 4) is 5.75 Å². The summed E-state index contributed by atoms with van der Waals surface area (Å²) in [5, 5.41) is 2.84. The van der Waals surface area contributed by atoms with Gasteiger partial charge in [-0.2, -0.15) is 0 Å². The number of hydrogen-bond acceptors (Lipinski definition) is 3. The van der Waals surface area contributed by atoms with E-state index in [1.54, 1.807) is 0 Å². The van der Waals surface area contributed by atoms with Crippen LogP contribution in [0.4, 0.5) is 5.69 Å². The van der Waals surface area contributed by atoms with Gasteiger partial charge in [0.2, 0.25) is 0 Å². The lowest BCUT2D eigenvalue weighted by molar-refractivity contribution is -0.118. The molecule has 3 rings (SSSR count). The number of nitrogens with one attached hydrogen (secondary N) is 2. The largest absolute Gasteiger partial charge is 0.483 e. The van der Waals surface area contributed by atoms with Gasteiger partial charge in [0.25, 0.3) is 5.91 Å². The molecule has 0 aliphatic rings. The van der Waals surface area contributed by atoms with Crippen LogP contribution in [0.3, 0.4) is 0 Å². The van der Waals surface area contributed by atoms with E-state index in [0.717, 1.165) is 39.4 Å². The lowest BCUT2D eigenvalue weighted by Crippen LogP contribution is -2.20. The fourth-order valence-electron chi connectivity index (χ4n) is 2.44. The molecule has 3 aromatic rings. The predicted octanol–water partition coefficient (Wildman–Crippen LogP) is 3.51. The number of fused-ring (bicyclic) bond motifs is 1.